The van der Waals surface area contributed by atoms with E-state index < -0.39 is 5.79 Å². The lowest BCUT2D eigenvalue weighted by atomic mass is 9.96. The summed E-state index contributed by atoms with van der Waals surface area (Å²) in [4.78, 5) is 11.5. The van der Waals surface area contributed by atoms with Crippen LogP contribution in [-0.2, 0) is 14.3 Å². The molecule has 0 N–H and O–H groups in total. The van der Waals surface area contributed by atoms with Crippen LogP contribution in [0.1, 0.15) is 19.3 Å². The fourth-order valence-corrected chi connectivity index (χ4v) is 1.99. The van der Waals surface area contributed by atoms with Crippen molar-refractivity contribution in [3.63, 3.8) is 0 Å². The Kier molecular flexibility index (Phi) is 2.29. The van der Waals surface area contributed by atoms with Crippen LogP contribution in [0.3, 0.4) is 0 Å². The molecule has 0 heterocycles. The van der Waals surface area contributed by atoms with Crippen LogP contribution >= 0.6 is 0 Å². The highest BCUT2D eigenvalue weighted by atomic mass is 16.7. The molecular formula is C11H14O3. The average Bonchev–Trinajstić information content (AvgIpc) is 2.60. The Morgan fingerprint density at radius 2 is 2.00 bits per heavy atom. The van der Waals surface area contributed by atoms with Crippen LogP contribution in [0.25, 0.3) is 0 Å². The molecule has 0 atom stereocenters. The summed E-state index contributed by atoms with van der Waals surface area (Å²) >= 11 is 0. The van der Waals surface area contributed by atoms with Crippen LogP contribution in [0.2, 0.25) is 0 Å². The molecule has 2 rings (SSSR count). The summed E-state index contributed by atoms with van der Waals surface area (Å²) in [6.45, 7) is 0. The first-order valence-corrected chi connectivity index (χ1v) is 4.76. The largest absolute Gasteiger partial charge is 0.349 e. The van der Waals surface area contributed by atoms with E-state index in [1.54, 1.807) is 14.2 Å². The second kappa shape index (κ2) is 3.33. The molecule has 0 aromatic heterocycles. The van der Waals surface area contributed by atoms with Gasteiger partial charge in [-0.15, -0.1) is 0 Å². The number of rotatable bonds is 2. The molecule has 76 valence electrons. The number of fused-ring (bicyclic) bond motifs is 1. The molecule has 2 aliphatic rings. The minimum Gasteiger partial charge on any atom is -0.349 e. The predicted octanol–water partition coefficient (Wildman–Crippen LogP) is 1.59. The second-order valence-electron chi connectivity index (χ2n) is 3.63. The van der Waals surface area contributed by atoms with Crippen LogP contribution in [0.5, 0.6) is 0 Å². The standard InChI is InChI=1S/C11H14O3/c1-13-11(14-2)6-5-8-3-4-10(12)9(8)7-11/h5,7H,3-4,6H2,1-2H3. The molecule has 1 fully saturated rings. The minimum absolute atomic E-state index is 0.203. The third-order valence-corrected chi connectivity index (χ3v) is 2.96. The molecule has 0 amide bonds. The number of allylic oxidation sites excluding steroid dienone is 2. The lowest BCUT2D eigenvalue weighted by Gasteiger charge is -2.29. The van der Waals surface area contributed by atoms with Crippen molar-refractivity contribution in [2.75, 3.05) is 14.2 Å². The number of hydrogen-bond donors (Lipinski definition) is 0. The summed E-state index contributed by atoms with van der Waals surface area (Å²) in [5, 5.41) is 0. The zero-order valence-corrected chi connectivity index (χ0v) is 8.50. The van der Waals surface area contributed by atoms with E-state index in [-0.39, 0.29) is 5.78 Å². The first-order valence-electron chi connectivity index (χ1n) is 4.76. The van der Waals surface area contributed by atoms with E-state index in [9.17, 15) is 4.79 Å². The number of carbonyl (C=O) groups excluding carboxylic acids is 1. The van der Waals surface area contributed by atoms with Gasteiger partial charge in [0.2, 0.25) is 0 Å². The van der Waals surface area contributed by atoms with E-state index in [1.165, 1.54) is 0 Å². The summed E-state index contributed by atoms with van der Waals surface area (Å²) in [5.41, 5.74) is 1.94. The molecule has 0 aromatic rings. The van der Waals surface area contributed by atoms with Gasteiger partial charge in [-0.3, -0.25) is 4.79 Å². The quantitative estimate of drug-likeness (QED) is 0.626. The maximum Gasteiger partial charge on any atom is 0.191 e. The SMILES string of the molecule is COC1(OC)C=C2C(=O)CCC2=CC1. The number of methoxy groups -OCH3 is 2. The van der Waals surface area contributed by atoms with E-state index in [0.717, 1.165) is 17.6 Å². The fraction of sp³-hybridized carbons (Fsp3) is 0.545. The van der Waals surface area contributed by atoms with Crippen LogP contribution in [-0.4, -0.2) is 25.8 Å². The molecule has 0 spiro atoms. The molecule has 0 radical (unpaired) electrons. The topological polar surface area (TPSA) is 35.5 Å². The maximum atomic E-state index is 11.5. The summed E-state index contributed by atoms with van der Waals surface area (Å²) in [6, 6.07) is 0. The van der Waals surface area contributed by atoms with E-state index in [2.05, 4.69) is 0 Å². The Labute approximate surface area is 83.4 Å². The Balaban J connectivity index is 2.35. The van der Waals surface area contributed by atoms with E-state index in [0.29, 0.717) is 12.8 Å². The lowest BCUT2D eigenvalue weighted by Crippen LogP contribution is -2.33. The molecule has 0 aromatic carbocycles. The fourth-order valence-electron chi connectivity index (χ4n) is 1.99. The van der Waals surface area contributed by atoms with Gasteiger partial charge in [-0.25, -0.2) is 0 Å². The van der Waals surface area contributed by atoms with Gasteiger partial charge < -0.3 is 9.47 Å². The van der Waals surface area contributed by atoms with Crippen LogP contribution < -0.4 is 0 Å². The molecule has 2 aliphatic carbocycles. The van der Waals surface area contributed by atoms with Crippen molar-refractivity contribution in [3.8, 4) is 0 Å². The lowest BCUT2D eigenvalue weighted by molar-refractivity contribution is -0.168. The summed E-state index contributed by atoms with van der Waals surface area (Å²) in [6.07, 6.45) is 6.05. The third kappa shape index (κ3) is 1.33. The van der Waals surface area contributed by atoms with Crippen LogP contribution in [0, 0.1) is 0 Å². The number of ketones is 1. The predicted molar refractivity (Wildman–Crippen MR) is 51.8 cm³/mol. The average molecular weight is 194 g/mol. The Hall–Kier alpha value is -0.930. The van der Waals surface area contributed by atoms with E-state index in [1.807, 2.05) is 12.2 Å². The number of carbonyl (C=O) groups is 1. The highest BCUT2D eigenvalue weighted by Crippen LogP contribution is 2.36. The highest BCUT2D eigenvalue weighted by molar-refractivity contribution is 6.03. The van der Waals surface area contributed by atoms with Crippen molar-refractivity contribution in [2.45, 2.75) is 25.0 Å². The molecular weight excluding hydrogens is 180 g/mol. The van der Waals surface area contributed by atoms with Crippen molar-refractivity contribution >= 4 is 5.78 Å². The molecule has 14 heavy (non-hydrogen) atoms. The van der Waals surface area contributed by atoms with Gasteiger partial charge in [-0.1, -0.05) is 6.08 Å². The molecule has 0 bridgehead atoms. The normalized spacial score (nSPS) is 24.3. The summed E-state index contributed by atoms with van der Waals surface area (Å²) < 4.78 is 10.6. The van der Waals surface area contributed by atoms with E-state index in [4.69, 9.17) is 9.47 Å². The van der Waals surface area contributed by atoms with Gasteiger partial charge in [0.05, 0.1) is 0 Å². The molecule has 1 saturated carbocycles. The van der Waals surface area contributed by atoms with Gasteiger partial charge in [-0.2, -0.15) is 0 Å². The van der Waals surface area contributed by atoms with Crippen molar-refractivity contribution in [1.82, 2.24) is 0 Å². The third-order valence-electron chi connectivity index (χ3n) is 2.96. The molecule has 3 nitrogen and oxygen atoms in total. The summed E-state index contributed by atoms with van der Waals surface area (Å²) in [5.74, 6) is -0.520. The highest BCUT2D eigenvalue weighted by Gasteiger charge is 2.35. The van der Waals surface area contributed by atoms with Crippen molar-refractivity contribution in [2.24, 2.45) is 0 Å². The van der Waals surface area contributed by atoms with Crippen LogP contribution in [0.4, 0.5) is 0 Å². The Morgan fingerprint density at radius 3 is 2.64 bits per heavy atom. The molecule has 0 unspecified atom stereocenters. The summed E-state index contributed by atoms with van der Waals surface area (Å²) in [7, 11) is 3.19. The van der Waals surface area contributed by atoms with Gasteiger partial charge in [0.15, 0.2) is 11.6 Å². The Bertz CT molecular complexity index is 321. The molecule has 0 aliphatic heterocycles. The van der Waals surface area contributed by atoms with Gasteiger partial charge in [-0.05, 0) is 18.1 Å². The van der Waals surface area contributed by atoms with Gasteiger partial charge in [0.1, 0.15) is 0 Å². The zero-order chi connectivity index (χ0) is 10.2. The smallest absolute Gasteiger partial charge is 0.191 e. The van der Waals surface area contributed by atoms with Gasteiger partial charge >= 0.3 is 0 Å². The first-order chi connectivity index (χ1) is 6.71. The second-order valence-corrected chi connectivity index (χ2v) is 3.63. The van der Waals surface area contributed by atoms with Gasteiger partial charge in [0, 0.05) is 32.6 Å². The van der Waals surface area contributed by atoms with Crippen molar-refractivity contribution in [1.29, 1.82) is 0 Å². The Morgan fingerprint density at radius 1 is 1.29 bits per heavy atom. The van der Waals surface area contributed by atoms with Gasteiger partial charge in [0.25, 0.3) is 0 Å². The maximum absolute atomic E-state index is 11.5. The molecule has 3 heteroatoms. The number of Topliss-reactive ketones (excluding diaryl/α,β-unsaturated/α-hetero) is 1. The van der Waals surface area contributed by atoms with E-state index >= 15 is 0 Å². The van der Waals surface area contributed by atoms with Crippen LogP contribution in [0.15, 0.2) is 23.3 Å². The monoisotopic (exact) mass is 194 g/mol. The van der Waals surface area contributed by atoms with Crippen molar-refractivity contribution < 1.29 is 14.3 Å². The number of ether oxygens (including phenoxy) is 2. The van der Waals surface area contributed by atoms with Crippen molar-refractivity contribution in [3.05, 3.63) is 23.3 Å². The minimum atomic E-state index is -0.723. The molecule has 0 saturated heterocycles. The number of hydrogen-bond acceptors (Lipinski definition) is 3. The zero-order valence-electron chi connectivity index (χ0n) is 8.50. The first kappa shape index (κ1) is 9.62.